The van der Waals surface area contributed by atoms with E-state index in [2.05, 4.69) is 5.32 Å². The van der Waals surface area contributed by atoms with Crippen molar-refractivity contribution in [2.45, 2.75) is 37.8 Å². The SMILES string of the molecule is CCCNC(=O)C(C)N(Cc1ccc(F)cc1)C(=O)CN(c1cccc([N+](=O)[O-])c1)S(=O)(=O)c1ccccc1. The van der Waals surface area contributed by atoms with Crippen LogP contribution in [0.15, 0.2) is 83.8 Å². The molecule has 3 rings (SSSR count). The van der Waals surface area contributed by atoms with Gasteiger partial charge in [0.2, 0.25) is 11.8 Å². The van der Waals surface area contributed by atoms with E-state index in [0.29, 0.717) is 18.5 Å². The number of amides is 2. The van der Waals surface area contributed by atoms with Gasteiger partial charge in [0, 0.05) is 25.2 Å². The van der Waals surface area contributed by atoms with Crippen molar-refractivity contribution in [2.24, 2.45) is 0 Å². The van der Waals surface area contributed by atoms with Crippen molar-refractivity contribution in [1.29, 1.82) is 0 Å². The lowest BCUT2D eigenvalue weighted by Gasteiger charge is -2.32. The molecule has 0 saturated carbocycles. The monoisotopic (exact) mass is 556 g/mol. The van der Waals surface area contributed by atoms with E-state index >= 15 is 0 Å². The Bertz CT molecular complexity index is 1420. The number of nitro benzene ring substituents is 1. The predicted molar refractivity (Wildman–Crippen MR) is 144 cm³/mol. The number of halogens is 1. The van der Waals surface area contributed by atoms with E-state index < -0.39 is 45.2 Å². The molecule has 0 heterocycles. The molecule has 10 nitrogen and oxygen atoms in total. The lowest BCUT2D eigenvalue weighted by Crippen LogP contribution is -2.51. The number of hydrogen-bond acceptors (Lipinski definition) is 6. The van der Waals surface area contributed by atoms with Gasteiger partial charge >= 0.3 is 0 Å². The van der Waals surface area contributed by atoms with E-state index in [1.165, 1.54) is 78.6 Å². The van der Waals surface area contributed by atoms with E-state index in [4.69, 9.17) is 0 Å². The van der Waals surface area contributed by atoms with Gasteiger partial charge in [0.05, 0.1) is 15.5 Å². The fourth-order valence-corrected chi connectivity index (χ4v) is 5.20. The maximum Gasteiger partial charge on any atom is 0.271 e. The van der Waals surface area contributed by atoms with E-state index in [1.807, 2.05) is 6.92 Å². The van der Waals surface area contributed by atoms with Gasteiger partial charge in [-0.05, 0) is 49.2 Å². The van der Waals surface area contributed by atoms with Gasteiger partial charge in [-0.1, -0.05) is 43.3 Å². The van der Waals surface area contributed by atoms with E-state index in [0.717, 1.165) is 10.4 Å². The molecule has 206 valence electrons. The molecular weight excluding hydrogens is 527 g/mol. The molecule has 1 unspecified atom stereocenters. The van der Waals surface area contributed by atoms with E-state index in [1.54, 1.807) is 6.07 Å². The summed E-state index contributed by atoms with van der Waals surface area (Å²) in [5.74, 6) is -1.65. The number of carbonyl (C=O) groups excluding carboxylic acids is 2. The van der Waals surface area contributed by atoms with Crippen LogP contribution in [0.2, 0.25) is 0 Å². The van der Waals surface area contributed by atoms with Crippen LogP contribution in [0.5, 0.6) is 0 Å². The molecule has 0 bridgehead atoms. The Morgan fingerprint density at radius 2 is 1.69 bits per heavy atom. The molecule has 0 aromatic heterocycles. The van der Waals surface area contributed by atoms with E-state index in [9.17, 15) is 32.5 Å². The molecule has 0 saturated heterocycles. The number of sulfonamides is 1. The topological polar surface area (TPSA) is 130 Å². The van der Waals surface area contributed by atoms with Crippen LogP contribution in [0.25, 0.3) is 0 Å². The van der Waals surface area contributed by atoms with Gasteiger partial charge in [0.25, 0.3) is 15.7 Å². The Balaban J connectivity index is 2.04. The van der Waals surface area contributed by atoms with Gasteiger partial charge in [0.1, 0.15) is 18.4 Å². The maximum atomic E-state index is 13.7. The van der Waals surface area contributed by atoms with E-state index in [-0.39, 0.29) is 22.8 Å². The molecule has 0 aliphatic carbocycles. The van der Waals surface area contributed by atoms with Crippen LogP contribution < -0.4 is 9.62 Å². The summed E-state index contributed by atoms with van der Waals surface area (Å²) in [6.07, 6.45) is 0.667. The van der Waals surface area contributed by atoms with Crippen molar-refractivity contribution in [3.63, 3.8) is 0 Å². The second-order valence-electron chi connectivity index (χ2n) is 8.72. The van der Waals surface area contributed by atoms with Crippen LogP contribution in [0.4, 0.5) is 15.8 Å². The molecule has 0 aliphatic rings. The quantitative estimate of drug-likeness (QED) is 0.266. The number of nitrogens with one attached hydrogen (secondary N) is 1. The second-order valence-corrected chi connectivity index (χ2v) is 10.6. The van der Waals surface area contributed by atoms with Crippen LogP contribution >= 0.6 is 0 Å². The number of nitrogens with zero attached hydrogens (tertiary/aromatic N) is 3. The van der Waals surface area contributed by atoms with Crippen molar-refractivity contribution >= 4 is 33.2 Å². The van der Waals surface area contributed by atoms with Gasteiger partial charge in [-0.25, -0.2) is 12.8 Å². The zero-order chi connectivity index (χ0) is 28.6. The number of benzene rings is 3. The summed E-state index contributed by atoms with van der Waals surface area (Å²) in [6.45, 7) is 2.91. The van der Waals surface area contributed by atoms with Crippen molar-refractivity contribution in [2.75, 3.05) is 17.4 Å². The van der Waals surface area contributed by atoms with Gasteiger partial charge < -0.3 is 10.2 Å². The van der Waals surface area contributed by atoms with Crippen molar-refractivity contribution in [3.05, 3.63) is 100 Å². The smallest absolute Gasteiger partial charge is 0.271 e. The van der Waals surface area contributed by atoms with Crippen LogP contribution in [0.1, 0.15) is 25.8 Å². The molecule has 3 aromatic rings. The first-order valence-electron chi connectivity index (χ1n) is 12.2. The highest BCUT2D eigenvalue weighted by atomic mass is 32.2. The van der Waals surface area contributed by atoms with Gasteiger partial charge in [0.15, 0.2) is 0 Å². The minimum Gasteiger partial charge on any atom is -0.354 e. The zero-order valence-electron chi connectivity index (χ0n) is 21.5. The van der Waals surface area contributed by atoms with Crippen molar-refractivity contribution < 1.29 is 27.3 Å². The predicted octanol–water partition coefficient (Wildman–Crippen LogP) is 3.87. The minimum absolute atomic E-state index is 0.0915. The standard InChI is InChI=1S/C27H29FN4O6S/c1-3-16-29-27(34)20(2)30(18-21-12-14-22(28)15-13-21)26(33)19-31(23-8-7-9-24(17-23)32(35)36)39(37,38)25-10-5-4-6-11-25/h4-15,17,20H,3,16,18-19H2,1-2H3,(H,29,34). The van der Waals surface area contributed by atoms with Crippen LogP contribution in [-0.4, -0.2) is 49.2 Å². The van der Waals surface area contributed by atoms with Crippen molar-refractivity contribution in [1.82, 2.24) is 10.2 Å². The lowest BCUT2D eigenvalue weighted by molar-refractivity contribution is -0.384. The first-order chi connectivity index (χ1) is 18.5. The average molecular weight is 557 g/mol. The fraction of sp³-hybridized carbons (Fsp3) is 0.259. The Hall–Kier alpha value is -4.32. The highest BCUT2D eigenvalue weighted by molar-refractivity contribution is 7.92. The number of anilines is 1. The summed E-state index contributed by atoms with van der Waals surface area (Å²) in [5.41, 5.74) is 0.0719. The molecule has 0 radical (unpaired) electrons. The van der Waals surface area contributed by atoms with Crippen LogP contribution in [0.3, 0.4) is 0 Å². The third kappa shape index (κ3) is 7.38. The summed E-state index contributed by atoms with van der Waals surface area (Å²) < 4.78 is 41.6. The van der Waals surface area contributed by atoms with Gasteiger partial charge in [-0.2, -0.15) is 0 Å². The summed E-state index contributed by atoms with van der Waals surface area (Å²) in [6, 6.07) is 16.7. The highest BCUT2D eigenvalue weighted by Crippen LogP contribution is 2.27. The normalized spacial score (nSPS) is 11.9. The molecule has 1 atom stereocenters. The molecule has 0 fully saturated rings. The zero-order valence-corrected chi connectivity index (χ0v) is 22.3. The molecular formula is C27H29FN4O6S. The number of carbonyl (C=O) groups is 2. The largest absolute Gasteiger partial charge is 0.354 e. The third-order valence-corrected chi connectivity index (χ3v) is 7.71. The summed E-state index contributed by atoms with van der Waals surface area (Å²) >= 11 is 0. The first kappa shape index (κ1) is 29.2. The second kappa shape index (κ2) is 13.0. The Labute approximate surface area is 226 Å². The van der Waals surface area contributed by atoms with Gasteiger partial charge in [-0.15, -0.1) is 0 Å². The molecule has 0 spiro atoms. The molecule has 0 aliphatic heterocycles. The number of rotatable bonds is 12. The average Bonchev–Trinajstić information content (AvgIpc) is 2.94. The number of nitro groups is 1. The van der Waals surface area contributed by atoms with Crippen LogP contribution in [0, 0.1) is 15.9 Å². The molecule has 2 amide bonds. The molecule has 12 heteroatoms. The maximum absolute atomic E-state index is 13.7. The molecule has 3 aromatic carbocycles. The van der Waals surface area contributed by atoms with Crippen LogP contribution in [-0.2, 0) is 26.2 Å². The van der Waals surface area contributed by atoms with Gasteiger partial charge in [-0.3, -0.25) is 24.0 Å². The first-order valence-corrected chi connectivity index (χ1v) is 13.6. The Kier molecular flexibility index (Phi) is 9.72. The Morgan fingerprint density at radius 3 is 2.31 bits per heavy atom. The molecule has 1 N–H and O–H groups in total. The third-order valence-electron chi connectivity index (χ3n) is 5.92. The summed E-state index contributed by atoms with van der Waals surface area (Å²) in [5, 5.41) is 14.1. The Morgan fingerprint density at radius 1 is 1.03 bits per heavy atom. The van der Waals surface area contributed by atoms with Crippen molar-refractivity contribution in [3.8, 4) is 0 Å². The minimum atomic E-state index is -4.35. The molecule has 39 heavy (non-hydrogen) atoms. The fourth-order valence-electron chi connectivity index (χ4n) is 3.78. The summed E-state index contributed by atoms with van der Waals surface area (Å²) in [4.78, 5) is 38.4. The number of hydrogen-bond donors (Lipinski definition) is 1. The lowest BCUT2D eigenvalue weighted by atomic mass is 10.1. The number of non-ortho nitro benzene ring substituents is 1. The highest BCUT2D eigenvalue weighted by Gasteiger charge is 2.33. The summed E-state index contributed by atoms with van der Waals surface area (Å²) in [7, 11) is -4.35.